The van der Waals surface area contributed by atoms with Crippen molar-refractivity contribution in [2.75, 3.05) is 5.32 Å². The number of nitrogens with zero attached hydrogens (tertiary/aromatic N) is 4. The first-order valence-corrected chi connectivity index (χ1v) is 6.13. The van der Waals surface area contributed by atoms with Crippen molar-refractivity contribution in [3.63, 3.8) is 0 Å². The summed E-state index contributed by atoms with van der Waals surface area (Å²) in [5, 5.41) is 7.67. The summed E-state index contributed by atoms with van der Waals surface area (Å²) in [5.74, 6) is 2.00. The van der Waals surface area contributed by atoms with Gasteiger partial charge in [-0.05, 0) is 18.6 Å². The number of nitrogens with one attached hydrogen (secondary N) is 1. The first-order valence-electron chi connectivity index (χ1n) is 6.13. The molecule has 5 heteroatoms. The van der Waals surface area contributed by atoms with Crippen LogP contribution in [0.15, 0.2) is 18.3 Å². The second-order valence-corrected chi connectivity index (χ2v) is 4.67. The minimum Gasteiger partial charge on any atom is -0.350 e. The van der Waals surface area contributed by atoms with E-state index in [2.05, 4.69) is 40.3 Å². The third-order valence-electron chi connectivity index (χ3n) is 2.85. The highest BCUT2D eigenvalue weighted by Crippen LogP contribution is 2.13. The van der Waals surface area contributed by atoms with E-state index in [0.29, 0.717) is 12.5 Å². The van der Waals surface area contributed by atoms with Crippen molar-refractivity contribution in [2.45, 2.75) is 33.2 Å². The lowest BCUT2D eigenvalue weighted by atomic mass is 10.2. The van der Waals surface area contributed by atoms with Crippen molar-refractivity contribution in [3.05, 3.63) is 35.4 Å². The van der Waals surface area contributed by atoms with Crippen molar-refractivity contribution in [3.8, 4) is 0 Å². The first kappa shape index (κ1) is 12.5. The molecule has 0 unspecified atom stereocenters. The predicted molar refractivity (Wildman–Crippen MR) is 71.4 cm³/mol. The number of pyridine rings is 1. The molecule has 0 aliphatic rings. The summed E-state index contributed by atoms with van der Waals surface area (Å²) in [5.41, 5.74) is 2.21. The number of rotatable bonds is 4. The van der Waals surface area contributed by atoms with Gasteiger partial charge in [0.2, 0.25) is 5.95 Å². The average Bonchev–Trinajstić information content (AvgIpc) is 2.70. The van der Waals surface area contributed by atoms with Crippen molar-refractivity contribution in [1.29, 1.82) is 0 Å². The summed E-state index contributed by atoms with van der Waals surface area (Å²) >= 11 is 0. The lowest BCUT2D eigenvalue weighted by molar-refractivity contribution is 0.710. The van der Waals surface area contributed by atoms with Gasteiger partial charge in [-0.25, -0.2) is 4.68 Å². The van der Waals surface area contributed by atoms with Gasteiger partial charge in [-0.15, -0.1) is 0 Å². The van der Waals surface area contributed by atoms with Crippen molar-refractivity contribution in [2.24, 2.45) is 7.05 Å². The SMILES string of the molecule is Cc1ncccc1CNc1nc(C(C)C)nn1C. The van der Waals surface area contributed by atoms with E-state index in [1.54, 1.807) is 10.9 Å². The van der Waals surface area contributed by atoms with Gasteiger partial charge in [-0.3, -0.25) is 4.98 Å². The van der Waals surface area contributed by atoms with E-state index < -0.39 is 0 Å². The van der Waals surface area contributed by atoms with Crippen LogP contribution in [0.25, 0.3) is 0 Å². The van der Waals surface area contributed by atoms with Crippen LogP contribution in [-0.4, -0.2) is 19.7 Å². The maximum absolute atomic E-state index is 4.47. The molecule has 96 valence electrons. The van der Waals surface area contributed by atoms with Crippen LogP contribution in [0.5, 0.6) is 0 Å². The molecule has 1 N–H and O–H groups in total. The molecule has 0 fully saturated rings. The summed E-state index contributed by atoms with van der Waals surface area (Å²) in [6.07, 6.45) is 1.80. The lowest BCUT2D eigenvalue weighted by Gasteiger charge is -2.06. The third kappa shape index (κ3) is 2.67. The molecule has 0 atom stereocenters. The second-order valence-electron chi connectivity index (χ2n) is 4.67. The molecule has 0 amide bonds. The maximum atomic E-state index is 4.47. The van der Waals surface area contributed by atoms with Crippen molar-refractivity contribution >= 4 is 5.95 Å². The zero-order chi connectivity index (χ0) is 13.1. The molecule has 2 aromatic heterocycles. The van der Waals surface area contributed by atoms with Gasteiger partial charge < -0.3 is 5.32 Å². The summed E-state index contributed by atoms with van der Waals surface area (Å²) in [6, 6.07) is 4.01. The molecular weight excluding hydrogens is 226 g/mol. The van der Waals surface area contributed by atoms with E-state index in [4.69, 9.17) is 0 Å². The second kappa shape index (κ2) is 5.16. The fourth-order valence-corrected chi connectivity index (χ4v) is 1.68. The number of anilines is 1. The van der Waals surface area contributed by atoms with Gasteiger partial charge in [-0.1, -0.05) is 19.9 Å². The van der Waals surface area contributed by atoms with Crippen LogP contribution in [-0.2, 0) is 13.6 Å². The quantitative estimate of drug-likeness (QED) is 0.897. The molecule has 18 heavy (non-hydrogen) atoms. The number of hydrogen-bond donors (Lipinski definition) is 1. The molecule has 0 aliphatic carbocycles. The van der Waals surface area contributed by atoms with Gasteiger partial charge in [-0.2, -0.15) is 10.1 Å². The summed E-state index contributed by atoms with van der Waals surface area (Å²) in [4.78, 5) is 8.74. The Morgan fingerprint density at radius 2 is 2.17 bits per heavy atom. The molecule has 0 aromatic carbocycles. The van der Waals surface area contributed by atoms with Crippen LogP contribution in [0, 0.1) is 6.92 Å². The van der Waals surface area contributed by atoms with Gasteiger partial charge in [0.05, 0.1) is 0 Å². The highest BCUT2D eigenvalue weighted by Gasteiger charge is 2.10. The highest BCUT2D eigenvalue weighted by molar-refractivity contribution is 5.29. The van der Waals surface area contributed by atoms with E-state index in [1.807, 2.05) is 20.0 Å². The van der Waals surface area contributed by atoms with Gasteiger partial charge in [0, 0.05) is 31.4 Å². The fourth-order valence-electron chi connectivity index (χ4n) is 1.68. The van der Waals surface area contributed by atoms with Gasteiger partial charge in [0.1, 0.15) is 0 Å². The van der Waals surface area contributed by atoms with Crippen LogP contribution in [0.3, 0.4) is 0 Å². The maximum Gasteiger partial charge on any atom is 0.221 e. The Kier molecular flexibility index (Phi) is 3.60. The Morgan fingerprint density at radius 1 is 1.39 bits per heavy atom. The molecule has 0 bridgehead atoms. The third-order valence-corrected chi connectivity index (χ3v) is 2.85. The van der Waals surface area contributed by atoms with Crippen LogP contribution in [0.2, 0.25) is 0 Å². The van der Waals surface area contributed by atoms with Crippen LogP contribution in [0.4, 0.5) is 5.95 Å². The Labute approximate surface area is 107 Å². The lowest BCUT2D eigenvalue weighted by Crippen LogP contribution is -2.07. The molecule has 2 aromatic rings. The molecule has 0 radical (unpaired) electrons. The summed E-state index contributed by atoms with van der Waals surface area (Å²) < 4.78 is 1.78. The number of aryl methyl sites for hydroxylation is 2. The Morgan fingerprint density at radius 3 is 2.78 bits per heavy atom. The van der Waals surface area contributed by atoms with E-state index in [0.717, 1.165) is 17.5 Å². The first-order chi connectivity index (χ1) is 8.58. The monoisotopic (exact) mass is 245 g/mol. The summed E-state index contributed by atoms with van der Waals surface area (Å²) in [7, 11) is 1.90. The van der Waals surface area contributed by atoms with Crippen LogP contribution in [0.1, 0.15) is 36.8 Å². The van der Waals surface area contributed by atoms with E-state index >= 15 is 0 Å². The number of aromatic nitrogens is 4. The van der Waals surface area contributed by atoms with E-state index in [-0.39, 0.29) is 0 Å². The van der Waals surface area contributed by atoms with Gasteiger partial charge in [0.25, 0.3) is 0 Å². The van der Waals surface area contributed by atoms with Crippen molar-refractivity contribution in [1.82, 2.24) is 19.7 Å². The summed E-state index contributed by atoms with van der Waals surface area (Å²) in [6.45, 7) is 6.89. The smallest absolute Gasteiger partial charge is 0.221 e. The molecule has 2 rings (SSSR count). The molecule has 2 heterocycles. The van der Waals surface area contributed by atoms with Crippen LogP contribution < -0.4 is 5.32 Å². The van der Waals surface area contributed by atoms with Gasteiger partial charge in [0.15, 0.2) is 5.82 Å². The largest absolute Gasteiger partial charge is 0.350 e. The molecule has 0 saturated carbocycles. The molecule has 0 aliphatic heterocycles. The normalized spacial score (nSPS) is 10.9. The molecule has 0 saturated heterocycles. The number of hydrogen-bond acceptors (Lipinski definition) is 4. The molecular formula is C13H19N5. The average molecular weight is 245 g/mol. The van der Waals surface area contributed by atoms with E-state index in [1.165, 1.54) is 5.56 Å². The van der Waals surface area contributed by atoms with Gasteiger partial charge >= 0.3 is 0 Å². The molecule has 5 nitrogen and oxygen atoms in total. The zero-order valence-corrected chi connectivity index (χ0v) is 11.3. The Bertz CT molecular complexity index is 530. The van der Waals surface area contributed by atoms with Crippen molar-refractivity contribution < 1.29 is 0 Å². The Hall–Kier alpha value is -1.91. The fraction of sp³-hybridized carbons (Fsp3) is 0.462. The zero-order valence-electron chi connectivity index (χ0n) is 11.3. The van der Waals surface area contributed by atoms with Crippen LogP contribution >= 0.6 is 0 Å². The highest BCUT2D eigenvalue weighted by atomic mass is 15.4. The molecule has 0 spiro atoms. The Balaban J connectivity index is 2.09. The predicted octanol–water partition coefficient (Wildman–Crippen LogP) is 2.25. The van der Waals surface area contributed by atoms with E-state index in [9.17, 15) is 0 Å². The standard InChI is InChI=1S/C13H19N5/c1-9(2)12-16-13(18(4)17-12)15-8-11-6-5-7-14-10(11)3/h5-7,9H,8H2,1-4H3,(H,15,16,17). The minimum atomic E-state index is 0.340. The minimum absolute atomic E-state index is 0.340. The topological polar surface area (TPSA) is 55.6 Å².